The lowest BCUT2D eigenvalue weighted by Gasteiger charge is -1.99. The maximum Gasteiger partial charge on any atom is 0.133 e. The molecule has 0 fully saturated rings. The van der Waals surface area contributed by atoms with E-state index in [1.54, 1.807) is 22.7 Å². The molecule has 4 rings (SSSR count). The number of rotatable bonds is 3. The Hall–Kier alpha value is -2.14. The summed E-state index contributed by atoms with van der Waals surface area (Å²) in [5, 5.41) is 12.2. The molecule has 0 bridgehead atoms. The van der Waals surface area contributed by atoms with Gasteiger partial charge in [-0.2, -0.15) is 0 Å². The number of nitrogens with one attached hydrogen (secondary N) is 1. The van der Waals surface area contributed by atoms with Gasteiger partial charge < -0.3 is 5.73 Å². The highest BCUT2D eigenvalue weighted by atomic mass is 35.5. The van der Waals surface area contributed by atoms with E-state index < -0.39 is 0 Å². The summed E-state index contributed by atoms with van der Waals surface area (Å²) in [6.07, 6.45) is 4.31. The third-order valence-corrected chi connectivity index (χ3v) is 5.85. The molecule has 2 heterocycles. The van der Waals surface area contributed by atoms with E-state index >= 15 is 0 Å². The molecule has 0 saturated carbocycles. The van der Waals surface area contributed by atoms with Crippen molar-refractivity contribution in [2.75, 3.05) is 0 Å². The normalized spacial score (nSPS) is 11.2. The largest absolute Gasteiger partial charge is 0.383 e. The van der Waals surface area contributed by atoms with Crippen molar-refractivity contribution in [1.82, 2.24) is 0 Å². The fourth-order valence-corrected chi connectivity index (χ4v) is 4.48. The van der Waals surface area contributed by atoms with Crippen LogP contribution in [0.4, 0.5) is 0 Å². The molecule has 0 saturated heterocycles. The molecular weight excluding hydrogens is 356 g/mol. The van der Waals surface area contributed by atoms with Crippen molar-refractivity contribution in [3.05, 3.63) is 69.9 Å². The molecule has 0 atom stereocenters. The van der Waals surface area contributed by atoms with Crippen molar-refractivity contribution in [1.29, 1.82) is 5.41 Å². The van der Waals surface area contributed by atoms with Crippen LogP contribution in [0.25, 0.3) is 32.3 Å². The Morgan fingerprint density at radius 1 is 0.917 bits per heavy atom. The van der Waals surface area contributed by atoms with Gasteiger partial charge in [0.2, 0.25) is 0 Å². The Labute approximate surface area is 154 Å². The standard InChI is InChI=1S/C19H14N2S2.ClH/c20-19(21)18-11-15-13(4-2-6-17(15)23-18)8-7-12-3-1-5-16-14(12)9-10-22-16;/h1-11H,(H3,20,21);1H/b8-7+;. The predicted molar refractivity (Wildman–Crippen MR) is 111 cm³/mol. The topological polar surface area (TPSA) is 49.9 Å². The van der Waals surface area contributed by atoms with Crippen LogP contribution in [0.5, 0.6) is 0 Å². The summed E-state index contributed by atoms with van der Waals surface area (Å²) in [6.45, 7) is 0. The molecule has 2 aromatic carbocycles. The van der Waals surface area contributed by atoms with E-state index in [1.807, 2.05) is 12.1 Å². The third-order valence-electron chi connectivity index (χ3n) is 3.83. The summed E-state index contributed by atoms with van der Waals surface area (Å²) in [5.74, 6) is 0.129. The zero-order valence-electron chi connectivity index (χ0n) is 12.7. The highest BCUT2D eigenvalue weighted by Gasteiger charge is 2.06. The van der Waals surface area contributed by atoms with Gasteiger partial charge >= 0.3 is 0 Å². The number of hydrogen-bond acceptors (Lipinski definition) is 3. The first kappa shape index (κ1) is 16.7. The molecule has 0 aliphatic heterocycles. The lowest BCUT2D eigenvalue weighted by Crippen LogP contribution is -2.08. The number of hydrogen-bond donors (Lipinski definition) is 2. The lowest BCUT2D eigenvalue weighted by atomic mass is 10.1. The van der Waals surface area contributed by atoms with Gasteiger partial charge in [-0.3, -0.25) is 5.41 Å². The summed E-state index contributed by atoms with van der Waals surface area (Å²) < 4.78 is 2.46. The lowest BCUT2D eigenvalue weighted by molar-refractivity contribution is 1.46. The van der Waals surface area contributed by atoms with Crippen LogP contribution in [0, 0.1) is 5.41 Å². The highest BCUT2D eigenvalue weighted by Crippen LogP contribution is 2.30. The first-order valence-corrected chi connectivity index (χ1v) is 8.93. The van der Waals surface area contributed by atoms with Gasteiger partial charge in [0.15, 0.2) is 0 Å². The molecule has 0 aliphatic rings. The number of amidine groups is 1. The second kappa shape index (κ2) is 6.77. The Balaban J connectivity index is 0.00000169. The zero-order chi connectivity index (χ0) is 15.8. The van der Waals surface area contributed by atoms with Gasteiger partial charge in [0.05, 0.1) is 4.88 Å². The van der Waals surface area contributed by atoms with Crippen LogP contribution in [0.2, 0.25) is 0 Å². The first-order valence-electron chi connectivity index (χ1n) is 7.23. The van der Waals surface area contributed by atoms with Crippen molar-refractivity contribution < 1.29 is 0 Å². The van der Waals surface area contributed by atoms with Crippen LogP contribution in [0.15, 0.2) is 53.9 Å². The average Bonchev–Trinajstić information content (AvgIpc) is 3.19. The van der Waals surface area contributed by atoms with Gasteiger partial charge in [0.25, 0.3) is 0 Å². The van der Waals surface area contributed by atoms with E-state index in [1.165, 1.54) is 15.6 Å². The second-order valence-electron chi connectivity index (χ2n) is 5.30. The quantitative estimate of drug-likeness (QED) is 0.259. The van der Waals surface area contributed by atoms with E-state index in [4.69, 9.17) is 11.1 Å². The SMILES string of the molecule is Cl.N=C(N)c1cc2c(/C=C/c3cccc4sccc34)cccc2s1. The Bertz CT molecular complexity index is 1060. The molecule has 0 aliphatic carbocycles. The van der Waals surface area contributed by atoms with Gasteiger partial charge in [-0.05, 0) is 46.2 Å². The van der Waals surface area contributed by atoms with Gasteiger partial charge in [-0.1, -0.05) is 36.4 Å². The molecule has 2 aromatic heterocycles. The molecule has 2 nitrogen and oxygen atoms in total. The number of fused-ring (bicyclic) bond motifs is 2. The van der Waals surface area contributed by atoms with Crippen molar-refractivity contribution in [2.24, 2.45) is 5.73 Å². The average molecular weight is 371 g/mol. The number of halogens is 1. The predicted octanol–water partition coefficient (Wildman–Crippen LogP) is 5.99. The summed E-state index contributed by atoms with van der Waals surface area (Å²) in [6, 6.07) is 16.8. The minimum Gasteiger partial charge on any atom is -0.383 e. The summed E-state index contributed by atoms with van der Waals surface area (Å²) in [5.41, 5.74) is 8.00. The van der Waals surface area contributed by atoms with Crippen molar-refractivity contribution >= 4 is 73.2 Å². The minimum atomic E-state index is 0. The molecule has 120 valence electrons. The van der Waals surface area contributed by atoms with E-state index in [2.05, 4.69) is 53.9 Å². The molecule has 3 N–H and O–H groups in total. The van der Waals surface area contributed by atoms with E-state index in [-0.39, 0.29) is 18.2 Å². The number of nitrogen functional groups attached to an aromatic ring is 1. The molecule has 0 amide bonds. The molecule has 24 heavy (non-hydrogen) atoms. The van der Waals surface area contributed by atoms with Crippen molar-refractivity contribution in [3.63, 3.8) is 0 Å². The first-order chi connectivity index (χ1) is 11.2. The number of nitrogens with two attached hydrogens (primary N) is 1. The number of benzene rings is 2. The Morgan fingerprint density at radius 3 is 2.29 bits per heavy atom. The Morgan fingerprint density at radius 2 is 1.58 bits per heavy atom. The van der Waals surface area contributed by atoms with Crippen LogP contribution in [0.1, 0.15) is 16.0 Å². The van der Waals surface area contributed by atoms with Crippen LogP contribution in [-0.2, 0) is 0 Å². The van der Waals surface area contributed by atoms with Gasteiger partial charge in [0, 0.05) is 14.8 Å². The molecule has 0 spiro atoms. The van der Waals surface area contributed by atoms with E-state index in [0.29, 0.717) is 0 Å². The molecule has 0 unspecified atom stereocenters. The Kier molecular flexibility index (Phi) is 4.71. The zero-order valence-corrected chi connectivity index (χ0v) is 15.1. The van der Waals surface area contributed by atoms with Gasteiger partial charge in [0.1, 0.15) is 5.84 Å². The van der Waals surface area contributed by atoms with Gasteiger partial charge in [-0.25, -0.2) is 0 Å². The maximum absolute atomic E-state index is 7.62. The molecule has 0 radical (unpaired) electrons. The van der Waals surface area contributed by atoms with Crippen LogP contribution >= 0.6 is 35.1 Å². The summed E-state index contributed by atoms with van der Waals surface area (Å²) >= 11 is 3.33. The monoisotopic (exact) mass is 370 g/mol. The third kappa shape index (κ3) is 2.96. The van der Waals surface area contributed by atoms with Crippen LogP contribution in [-0.4, -0.2) is 5.84 Å². The molecule has 5 heteroatoms. The van der Waals surface area contributed by atoms with E-state index in [0.717, 1.165) is 20.5 Å². The smallest absolute Gasteiger partial charge is 0.133 e. The fourth-order valence-electron chi connectivity index (χ4n) is 2.70. The molecule has 4 aromatic rings. The summed E-state index contributed by atoms with van der Waals surface area (Å²) in [7, 11) is 0. The molecular formula is C19H15ClN2S2. The maximum atomic E-state index is 7.62. The highest BCUT2D eigenvalue weighted by molar-refractivity contribution is 7.20. The van der Waals surface area contributed by atoms with Gasteiger partial charge in [-0.15, -0.1) is 35.1 Å². The van der Waals surface area contributed by atoms with E-state index in [9.17, 15) is 0 Å². The van der Waals surface area contributed by atoms with Crippen LogP contribution in [0.3, 0.4) is 0 Å². The second-order valence-corrected chi connectivity index (χ2v) is 7.33. The van der Waals surface area contributed by atoms with Crippen molar-refractivity contribution in [2.45, 2.75) is 0 Å². The number of thiophene rings is 2. The summed E-state index contributed by atoms with van der Waals surface area (Å²) in [4.78, 5) is 0.820. The van der Waals surface area contributed by atoms with Crippen molar-refractivity contribution in [3.8, 4) is 0 Å². The minimum absolute atomic E-state index is 0. The fraction of sp³-hybridized carbons (Fsp3) is 0. The van der Waals surface area contributed by atoms with Crippen LogP contribution < -0.4 is 5.73 Å².